The number of rotatable bonds is 0. The van der Waals surface area contributed by atoms with E-state index in [1.807, 2.05) is 18.2 Å². The van der Waals surface area contributed by atoms with Crippen molar-refractivity contribution in [2.45, 2.75) is 37.5 Å². The van der Waals surface area contributed by atoms with Crippen LogP contribution in [0.5, 0.6) is 0 Å². The van der Waals surface area contributed by atoms with Crippen LogP contribution in [0.3, 0.4) is 0 Å². The van der Waals surface area contributed by atoms with Gasteiger partial charge in [0.05, 0.1) is 39.8 Å². The average Bonchev–Trinajstić information content (AvgIpc) is 3.57. The smallest absolute Gasteiger partial charge is 0.0992 e. The van der Waals surface area contributed by atoms with E-state index in [1.165, 1.54) is 70.3 Å². The second kappa shape index (κ2) is 6.62. The Hall–Kier alpha value is -4.34. The minimum absolute atomic E-state index is 0.0669. The molecule has 1 spiro atoms. The Morgan fingerprint density at radius 3 is 2.00 bits per heavy atom. The maximum Gasteiger partial charge on any atom is 0.0992 e. The lowest BCUT2D eigenvalue weighted by Crippen LogP contribution is -2.55. The Morgan fingerprint density at radius 1 is 0.667 bits per heavy atom. The van der Waals surface area contributed by atoms with Crippen molar-refractivity contribution < 1.29 is 0 Å². The molecule has 4 bridgehead atoms. The summed E-state index contributed by atoms with van der Waals surface area (Å²) < 4.78 is 2.37. The van der Waals surface area contributed by atoms with Gasteiger partial charge in [0.25, 0.3) is 0 Å². The molecule has 4 aromatic carbocycles. The fourth-order valence-electron chi connectivity index (χ4n) is 10.4. The zero-order chi connectivity index (χ0) is 25.6. The highest BCUT2D eigenvalue weighted by molar-refractivity contribution is 6.27. The first-order valence-corrected chi connectivity index (χ1v) is 14.4. The number of nitrogens with zero attached hydrogens (tertiary/aromatic N) is 3. The van der Waals surface area contributed by atoms with Gasteiger partial charge in [0.1, 0.15) is 0 Å². The standard InChI is InChI=1S/C36H25N3/c37-17-19-5-7-26-29-16-28-25-3-1-2-4-30(25)36(23-10-21-9-22(12-23)13-24(36)11-21)34(28)33-27-8-6-20(18-38)15-32(27)39(35(29)33)31(26)14-19/h1-8,14-16,21-24H,9-13H2. The third-order valence-electron chi connectivity index (χ3n) is 11.3. The summed E-state index contributed by atoms with van der Waals surface area (Å²) in [7, 11) is 0. The Morgan fingerprint density at radius 2 is 1.31 bits per heavy atom. The molecule has 0 unspecified atom stereocenters. The van der Waals surface area contributed by atoms with Crippen LogP contribution in [0.15, 0.2) is 66.7 Å². The molecule has 0 amide bonds. The lowest BCUT2D eigenvalue weighted by Gasteiger charge is -2.61. The molecular formula is C36H25N3. The summed E-state index contributed by atoms with van der Waals surface area (Å²) in [5.74, 6) is 3.17. The van der Waals surface area contributed by atoms with Gasteiger partial charge in [-0.3, -0.25) is 0 Å². The van der Waals surface area contributed by atoms with E-state index in [0.717, 1.165) is 22.9 Å². The van der Waals surface area contributed by atoms with Gasteiger partial charge in [-0.1, -0.05) is 36.4 Å². The first kappa shape index (κ1) is 20.6. The molecule has 3 heteroatoms. The zero-order valence-electron chi connectivity index (χ0n) is 21.5. The summed E-state index contributed by atoms with van der Waals surface area (Å²) in [6.07, 6.45) is 6.86. The molecule has 0 atom stereocenters. The van der Waals surface area contributed by atoms with Crippen LogP contribution in [-0.4, -0.2) is 4.40 Å². The highest BCUT2D eigenvalue weighted by Gasteiger charge is 2.62. The van der Waals surface area contributed by atoms with E-state index in [1.54, 1.807) is 11.1 Å². The molecule has 4 fully saturated rings. The van der Waals surface area contributed by atoms with Crippen molar-refractivity contribution >= 4 is 38.1 Å². The van der Waals surface area contributed by atoms with Gasteiger partial charge in [-0.15, -0.1) is 0 Å². The third kappa shape index (κ3) is 2.17. The molecule has 2 aromatic heterocycles. The summed E-state index contributed by atoms with van der Waals surface area (Å²) in [5, 5.41) is 24.7. The third-order valence-corrected chi connectivity index (χ3v) is 11.3. The summed E-state index contributed by atoms with van der Waals surface area (Å²) in [5.41, 5.74) is 10.8. The first-order valence-electron chi connectivity index (χ1n) is 14.4. The molecule has 39 heavy (non-hydrogen) atoms. The van der Waals surface area contributed by atoms with E-state index < -0.39 is 0 Å². The van der Waals surface area contributed by atoms with Crippen molar-refractivity contribution in [2.24, 2.45) is 23.7 Å². The Kier molecular flexibility index (Phi) is 3.50. The molecule has 5 aliphatic rings. The Balaban J connectivity index is 1.46. The van der Waals surface area contributed by atoms with Crippen LogP contribution < -0.4 is 0 Å². The number of hydrogen-bond acceptors (Lipinski definition) is 2. The first-order chi connectivity index (χ1) is 19.2. The van der Waals surface area contributed by atoms with Crippen LogP contribution >= 0.6 is 0 Å². The van der Waals surface area contributed by atoms with Crippen molar-refractivity contribution in [2.75, 3.05) is 0 Å². The second-order valence-electron chi connectivity index (χ2n) is 12.8. The molecule has 0 aliphatic heterocycles. The van der Waals surface area contributed by atoms with Gasteiger partial charge < -0.3 is 4.40 Å². The number of benzene rings is 4. The monoisotopic (exact) mass is 499 g/mol. The van der Waals surface area contributed by atoms with Crippen LogP contribution in [0.25, 0.3) is 49.2 Å². The molecule has 4 saturated carbocycles. The van der Waals surface area contributed by atoms with Crippen molar-refractivity contribution in [1.29, 1.82) is 10.5 Å². The van der Waals surface area contributed by atoms with E-state index in [4.69, 9.17) is 0 Å². The largest absolute Gasteiger partial charge is 0.308 e. The lowest BCUT2D eigenvalue weighted by molar-refractivity contribution is -0.0393. The molecule has 0 saturated heterocycles. The van der Waals surface area contributed by atoms with Crippen LogP contribution in [-0.2, 0) is 5.41 Å². The highest BCUT2D eigenvalue weighted by atomic mass is 14.9. The fraction of sp³-hybridized carbons (Fsp3) is 0.278. The topological polar surface area (TPSA) is 52.0 Å². The van der Waals surface area contributed by atoms with Crippen LogP contribution in [0.1, 0.15) is 54.4 Å². The average molecular weight is 500 g/mol. The van der Waals surface area contributed by atoms with Gasteiger partial charge >= 0.3 is 0 Å². The van der Waals surface area contributed by atoms with Gasteiger partial charge in [-0.25, -0.2) is 0 Å². The van der Waals surface area contributed by atoms with E-state index in [0.29, 0.717) is 23.0 Å². The molecule has 11 rings (SSSR count). The van der Waals surface area contributed by atoms with Crippen LogP contribution in [0.2, 0.25) is 0 Å². The van der Waals surface area contributed by atoms with Gasteiger partial charge in [-0.2, -0.15) is 10.5 Å². The van der Waals surface area contributed by atoms with E-state index in [2.05, 4.69) is 65.1 Å². The van der Waals surface area contributed by atoms with Crippen LogP contribution in [0.4, 0.5) is 0 Å². The van der Waals surface area contributed by atoms with Crippen molar-refractivity contribution in [3.63, 3.8) is 0 Å². The second-order valence-corrected chi connectivity index (χ2v) is 12.8. The highest BCUT2D eigenvalue weighted by Crippen LogP contribution is 2.71. The van der Waals surface area contributed by atoms with Crippen molar-refractivity contribution in [3.05, 3.63) is 89.0 Å². The van der Waals surface area contributed by atoms with E-state index in [-0.39, 0.29) is 5.41 Å². The maximum atomic E-state index is 9.83. The van der Waals surface area contributed by atoms with E-state index in [9.17, 15) is 10.5 Å². The number of aromatic nitrogens is 1. The summed E-state index contributed by atoms with van der Waals surface area (Å²) in [6, 6.07) is 28.9. The molecule has 3 nitrogen and oxygen atoms in total. The predicted molar refractivity (Wildman–Crippen MR) is 154 cm³/mol. The van der Waals surface area contributed by atoms with Crippen molar-refractivity contribution in [3.8, 4) is 23.3 Å². The van der Waals surface area contributed by atoms with Gasteiger partial charge in [0, 0.05) is 27.0 Å². The number of nitriles is 2. The number of fused-ring (bicyclic) bond motifs is 10. The molecule has 5 aliphatic carbocycles. The molecule has 2 heterocycles. The molecular weight excluding hydrogens is 474 g/mol. The molecule has 0 N–H and O–H groups in total. The summed E-state index contributed by atoms with van der Waals surface area (Å²) >= 11 is 0. The van der Waals surface area contributed by atoms with Gasteiger partial charge in [-0.05, 0) is 108 Å². The minimum Gasteiger partial charge on any atom is -0.308 e. The fourth-order valence-corrected chi connectivity index (χ4v) is 10.4. The zero-order valence-corrected chi connectivity index (χ0v) is 21.5. The molecule has 0 radical (unpaired) electrons. The van der Waals surface area contributed by atoms with Gasteiger partial charge in [0.2, 0.25) is 0 Å². The Bertz CT molecular complexity index is 2140. The maximum absolute atomic E-state index is 9.83. The van der Waals surface area contributed by atoms with Gasteiger partial charge in [0.15, 0.2) is 0 Å². The summed E-state index contributed by atoms with van der Waals surface area (Å²) in [6.45, 7) is 0. The quantitative estimate of drug-likeness (QED) is 0.211. The summed E-state index contributed by atoms with van der Waals surface area (Å²) in [4.78, 5) is 0. The number of hydrogen-bond donors (Lipinski definition) is 0. The SMILES string of the molecule is N#Cc1ccc2c3cc4c(c5c6ccc(C#N)cc6n(c2c1)c35)C1(c2ccccc2-4)C2CC3CC(C2)CC1C3. The molecule has 184 valence electrons. The predicted octanol–water partition coefficient (Wildman–Crippen LogP) is 8.30. The van der Waals surface area contributed by atoms with Crippen LogP contribution in [0, 0.1) is 46.3 Å². The van der Waals surface area contributed by atoms with E-state index >= 15 is 0 Å². The lowest BCUT2D eigenvalue weighted by atomic mass is 9.43. The Labute approximate surface area is 226 Å². The minimum atomic E-state index is 0.0669. The molecule has 6 aromatic rings. The normalized spacial score (nSPS) is 28.1. The van der Waals surface area contributed by atoms with Crippen molar-refractivity contribution in [1.82, 2.24) is 4.40 Å².